The molecular weight excluding hydrogens is 416 g/mol. The molecule has 1 unspecified atom stereocenters. The highest BCUT2D eigenvalue weighted by molar-refractivity contribution is 6.02. The Morgan fingerprint density at radius 1 is 1.06 bits per heavy atom. The van der Waals surface area contributed by atoms with Gasteiger partial charge in [-0.05, 0) is 50.2 Å². The Morgan fingerprint density at radius 2 is 1.88 bits per heavy atom. The highest BCUT2D eigenvalue weighted by atomic mass is 16.7. The molecule has 0 radical (unpaired) electrons. The molecule has 7 rings (SSSR count). The Labute approximate surface area is 194 Å². The number of aryl methyl sites for hydroxylation is 1. The van der Waals surface area contributed by atoms with E-state index in [1.807, 2.05) is 12.1 Å². The van der Waals surface area contributed by atoms with Gasteiger partial charge in [-0.25, -0.2) is 0 Å². The Hall–Kier alpha value is -3.19. The van der Waals surface area contributed by atoms with E-state index in [-0.39, 0.29) is 0 Å². The van der Waals surface area contributed by atoms with Crippen LogP contribution in [0.1, 0.15) is 24.1 Å². The van der Waals surface area contributed by atoms with E-state index in [1.54, 1.807) is 14.2 Å². The number of hydrogen-bond donors (Lipinski definition) is 0. The summed E-state index contributed by atoms with van der Waals surface area (Å²) in [4.78, 5) is 11.3. The molecule has 2 aromatic carbocycles. The summed E-state index contributed by atoms with van der Waals surface area (Å²) in [5.74, 6) is 2.94. The lowest BCUT2D eigenvalue weighted by Gasteiger charge is -2.53. The zero-order chi connectivity index (χ0) is 22.6. The van der Waals surface area contributed by atoms with Crippen molar-refractivity contribution >= 4 is 16.7 Å². The van der Waals surface area contributed by atoms with Crippen LogP contribution in [0.25, 0.3) is 10.9 Å². The minimum absolute atomic E-state index is 0.447. The summed E-state index contributed by atoms with van der Waals surface area (Å²) in [6, 6.07) is 16.7. The van der Waals surface area contributed by atoms with E-state index in [1.165, 1.54) is 10.9 Å². The van der Waals surface area contributed by atoms with Crippen molar-refractivity contribution in [2.75, 3.05) is 33.9 Å². The third-order valence-corrected chi connectivity index (χ3v) is 7.68. The van der Waals surface area contributed by atoms with Crippen molar-refractivity contribution < 1.29 is 14.3 Å². The van der Waals surface area contributed by atoms with Crippen LogP contribution in [-0.4, -0.2) is 59.8 Å². The van der Waals surface area contributed by atoms with Gasteiger partial charge >= 0.3 is 0 Å². The van der Waals surface area contributed by atoms with E-state index in [4.69, 9.17) is 19.5 Å². The number of aromatic nitrogens is 1. The summed E-state index contributed by atoms with van der Waals surface area (Å²) >= 11 is 0. The maximum atomic E-state index is 6.43. The first-order chi connectivity index (χ1) is 16.1. The molecule has 1 atom stereocenters. The van der Waals surface area contributed by atoms with Crippen LogP contribution >= 0.6 is 0 Å². The third-order valence-electron chi connectivity index (χ3n) is 7.68. The maximum Gasteiger partial charge on any atom is 0.227 e. The molecule has 33 heavy (non-hydrogen) atoms. The molecule has 4 aliphatic heterocycles. The largest absolute Gasteiger partial charge is 0.497 e. The summed E-state index contributed by atoms with van der Waals surface area (Å²) in [7, 11) is 5.49. The average Bonchev–Trinajstić information content (AvgIpc) is 3.37. The first-order valence-corrected chi connectivity index (χ1v) is 11.6. The molecule has 3 saturated heterocycles. The van der Waals surface area contributed by atoms with E-state index in [0.717, 1.165) is 61.1 Å². The molecule has 7 nitrogen and oxygen atoms in total. The Kier molecular flexibility index (Phi) is 4.76. The monoisotopic (exact) mass is 446 g/mol. The van der Waals surface area contributed by atoms with Crippen LogP contribution in [-0.2, 0) is 18.4 Å². The number of oxime groups is 1. The molecule has 0 saturated carbocycles. The smallest absolute Gasteiger partial charge is 0.227 e. The lowest BCUT2D eigenvalue weighted by atomic mass is 9.79. The molecule has 3 fully saturated rings. The van der Waals surface area contributed by atoms with Crippen molar-refractivity contribution in [2.24, 2.45) is 18.1 Å². The molecule has 7 heteroatoms. The van der Waals surface area contributed by atoms with E-state index in [9.17, 15) is 0 Å². The number of rotatable bonds is 5. The van der Waals surface area contributed by atoms with Crippen LogP contribution in [0.3, 0.4) is 0 Å². The van der Waals surface area contributed by atoms with E-state index < -0.39 is 5.72 Å². The fourth-order valence-electron chi connectivity index (χ4n) is 5.85. The number of hydrogen-bond acceptors (Lipinski definition) is 6. The minimum atomic E-state index is -0.451. The second-order valence-electron chi connectivity index (χ2n) is 9.31. The Balaban J connectivity index is 1.45. The molecule has 1 spiro atoms. The Bertz CT molecular complexity index is 1230. The van der Waals surface area contributed by atoms with Gasteiger partial charge in [0.25, 0.3) is 0 Å². The number of ether oxygens (including phenoxy) is 2. The van der Waals surface area contributed by atoms with Crippen molar-refractivity contribution in [3.05, 3.63) is 59.8 Å². The van der Waals surface area contributed by atoms with Crippen molar-refractivity contribution in [3.63, 3.8) is 0 Å². The number of amidine groups is 1. The maximum absolute atomic E-state index is 6.43. The van der Waals surface area contributed by atoms with E-state index in [0.29, 0.717) is 12.5 Å². The molecule has 3 aromatic rings. The highest BCUT2D eigenvalue weighted by Crippen LogP contribution is 2.46. The fraction of sp³-hybridized carbons (Fsp3) is 0.423. The number of nitrogens with zero attached hydrogens (tertiary/aromatic N) is 4. The van der Waals surface area contributed by atoms with E-state index in [2.05, 4.69) is 57.8 Å². The van der Waals surface area contributed by atoms with Gasteiger partial charge in [-0.3, -0.25) is 4.90 Å². The fourth-order valence-corrected chi connectivity index (χ4v) is 5.85. The van der Waals surface area contributed by atoms with Crippen LogP contribution in [0, 0.1) is 5.92 Å². The number of benzene rings is 2. The quantitative estimate of drug-likeness (QED) is 0.597. The summed E-state index contributed by atoms with van der Waals surface area (Å²) < 4.78 is 13.4. The first-order valence-electron chi connectivity index (χ1n) is 11.6. The standard InChI is InChI=1S/C26H30N4O3/c1-28-22-7-5-4-6-18(22)14-23(28)25-27-33-26(17-29-12-10-20(26)11-13-29)30(25)16-19-8-9-21(31-2)15-24(19)32-3/h4-9,14-15,20H,10-13,16-17H2,1-3H3. The lowest BCUT2D eigenvalue weighted by molar-refractivity contribution is -0.198. The van der Waals surface area contributed by atoms with Gasteiger partial charge in [0.2, 0.25) is 5.72 Å². The SMILES string of the molecule is COc1ccc(CN2C(c3cc4ccccc4n3C)=NOC23CN2CCC3CC2)c(OC)c1. The van der Waals surface area contributed by atoms with Crippen molar-refractivity contribution in [3.8, 4) is 11.5 Å². The molecule has 2 bridgehead atoms. The van der Waals surface area contributed by atoms with Gasteiger partial charge in [0, 0.05) is 35.5 Å². The van der Waals surface area contributed by atoms with Crippen LogP contribution in [0.5, 0.6) is 11.5 Å². The number of para-hydroxylation sites is 1. The second-order valence-corrected chi connectivity index (χ2v) is 9.31. The van der Waals surface area contributed by atoms with Crippen LogP contribution in [0.4, 0.5) is 0 Å². The van der Waals surface area contributed by atoms with Gasteiger partial charge < -0.3 is 23.8 Å². The predicted octanol–water partition coefficient (Wildman–Crippen LogP) is 3.81. The second kappa shape index (κ2) is 7.70. The van der Waals surface area contributed by atoms with Gasteiger partial charge in [0.05, 0.1) is 33.0 Å². The van der Waals surface area contributed by atoms with Gasteiger partial charge in [-0.1, -0.05) is 23.4 Å². The lowest BCUT2D eigenvalue weighted by Crippen LogP contribution is -2.66. The van der Waals surface area contributed by atoms with Gasteiger partial charge in [0.15, 0.2) is 5.84 Å². The van der Waals surface area contributed by atoms with Crippen LogP contribution in [0.2, 0.25) is 0 Å². The first kappa shape index (κ1) is 20.4. The normalized spacial score (nSPS) is 26.0. The van der Waals surface area contributed by atoms with Crippen molar-refractivity contribution in [1.82, 2.24) is 14.4 Å². The summed E-state index contributed by atoms with van der Waals surface area (Å²) in [6.45, 7) is 3.79. The molecule has 0 aliphatic carbocycles. The molecule has 1 aromatic heterocycles. The minimum Gasteiger partial charge on any atom is -0.497 e. The molecule has 4 aliphatic rings. The van der Waals surface area contributed by atoms with Gasteiger partial charge in [-0.2, -0.15) is 0 Å². The zero-order valence-electron chi connectivity index (χ0n) is 19.5. The third kappa shape index (κ3) is 3.09. The van der Waals surface area contributed by atoms with Gasteiger partial charge in [0.1, 0.15) is 11.5 Å². The summed E-state index contributed by atoms with van der Waals surface area (Å²) in [6.07, 6.45) is 2.27. The average molecular weight is 447 g/mol. The zero-order valence-corrected chi connectivity index (χ0v) is 19.5. The summed E-state index contributed by atoms with van der Waals surface area (Å²) in [5, 5.41) is 5.96. The molecule has 5 heterocycles. The van der Waals surface area contributed by atoms with Crippen LogP contribution < -0.4 is 9.47 Å². The number of fused-ring (bicyclic) bond motifs is 3. The van der Waals surface area contributed by atoms with Crippen molar-refractivity contribution in [2.45, 2.75) is 25.1 Å². The number of methoxy groups -OCH3 is 2. The molecule has 172 valence electrons. The summed E-state index contributed by atoms with van der Waals surface area (Å²) in [5.41, 5.74) is 2.89. The molecular formula is C26H30N4O3. The topological polar surface area (TPSA) is 51.5 Å². The van der Waals surface area contributed by atoms with E-state index >= 15 is 0 Å². The van der Waals surface area contributed by atoms with Crippen LogP contribution in [0.15, 0.2) is 53.7 Å². The Morgan fingerprint density at radius 3 is 2.58 bits per heavy atom. The number of piperidine rings is 3. The highest BCUT2D eigenvalue weighted by Gasteiger charge is 2.57. The van der Waals surface area contributed by atoms with Crippen molar-refractivity contribution in [1.29, 1.82) is 0 Å². The van der Waals surface area contributed by atoms with Gasteiger partial charge in [-0.15, -0.1) is 0 Å². The molecule has 0 N–H and O–H groups in total. The molecule has 0 amide bonds. The predicted molar refractivity (Wildman–Crippen MR) is 128 cm³/mol.